The number of aromatic hydroxyl groups is 1. The van der Waals surface area contributed by atoms with Gasteiger partial charge in [0.05, 0.1) is 6.04 Å². The SMILES string of the molecule is CCC(N)c1nc(O)c(-c2ccccc2)c(=O)[nH]1. The van der Waals surface area contributed by atoms with Crippen LogP contribution in [0.3, 0.4) is 0 Å². The van der Waals surface area contributed by atoms with Crippen LogP contribution in [0.2, 0.25) is 0 Å². The Hall–Kier alpha value is -2.14. The Morgan fingerprint density at radius 1 is 1.39 bits per heavy atom. The van der Waals surface area contributed by atoms with Gasteiger partial charge in [0.25, 0.3) is 5.56 Å². The molecule has 5 nitrogen and oxygen atoms in total. The zero-order chi connectivity index (χ0) is 13.1. The molecular formula is C13H15N3O2. The molecule has 0 aliphatic heterocycles. The Morgan fingerprint density at radius 3 is 2.61 bits per heavy atom. The number of rotatable bonds is 3. The molecule has 1 unspecified atom stereocenters. The summed E-state index contributed by atoms with van der Waals surface area (Å²) in [5.74, 6) is 0.0172. The van der Waals surface area contributed by atoms with Crippen LogP contribution in [0.15, 0.2) is 35.1 Å². The third-order valence-corrected chi connectivity index (χ3v) is 2.77. The predicted molar refractivity (Wildman–Crippen MR) is 69.2 cm³/mol. The van der Waals surface area contributed by atoms with E-state index in [0.29, 0.717) is 17.8 Å². The van der Waals surface area contributed by atoms with E-state index in [0.717, 1.165) is 0 Å². The van der Waals surface area contributed by atoms with Crippen LogP contribution in [0, 0.1) is 0 Å². The molecule has 0 radical (unpaired) electrons. The molecule has 18 heavy (non-hydrogen) atoms. The van der Waals surface area contributed by atoms with E-state index in [1.54, 1.807) is 24.3 Å². The molecule has 0 saturated carbocycles. The summed E-state index contributed by atoms with van der Waals surface area (Å²) in [7, 11) is 0. The normalized spacial score (nSPS) is 12.3. The van der Waals surface area contributed by atoms with Gasteiger partial charge in [-0.1, -0.05) is 37.3 Å². The number of benzene rings is 1. The summed E-state index contributed by atoms with van der Waals surface area (Å²) in [6.07, 6.45) is 0.632. The molecule has 0 aliphatic carbocycles. The Bertz CT molecular complexity index is 593. The third kappa shape index (κ3) is 2.26. The molecule has 1 heterocycles. The van der Waals surface area contributed by atoms with E-state index in [4.69, 9.17) is 5.73 Å². The summed E-state index contributed by atoms with van der Waals surface area (Å²) in [4.78, 5) is 18.5. The maximum Gasteiger partial charge on any atom is 0.262 e. The first-order valence-corrected chi connectivity index (χ1v) is 5.77. The van der Waals surface area contributed by atoms with Crippen molar-refractivity contribution in [3.63, 3.8) is 0 Å². The topological polar surface area (TPSA) is 92.0 Å². The molecule has 0 spiro atoms. The van der Waals surface area contributed by atoms with Crippen LogP contribution in [0.25, 0.3) is 11.1 Å². The lowest BCUT2D eigenvalue weighted by Crippen LogP contribution is -2.20. The molecule has 1 aromatic heterocycles. The molecule has 1 aromatic carbocycles. The number of aromatic nitrogens is 2. The van der Waals surface area contributed by atoms with Gasteiger partial charge in [0, 0.05) is 0 Å². The van der Waals surface area contributed by atoms with E-state index in [1.807, 2.05) is 13.0 Å². The number of H-pyrrole nitrogens is 1. The molecule has 2 aromatic rings. The van der Waals surface area contributed by atoms with Crippen molar-refractivity contribution < 1.29 is 5.11 Å². The molecule has 0 saturated heterocycles. The molecule has 94 valence electrons. The highest BCUT2D eigenvalue weighted by atomic mass is 16.3. The Balaban J connectivity index is 2.55. The zero-order valence-corrected chi connectivity index (χ0v) is 10.1. The summed E-state index contributed by atoms with van der Waals surface area (Å²) in [5.41, 5.74) is 6.19. The zero-order valence-electron chi connectivity index (χ0n) is 10.1. The maximum absolute atomic E-state index is 12.0. The third-order valence-electron chi connectivity index (χ3n) is 2.77. The summed E-state index contributed by atoms with van der Waals surface area (Å²) < 4.78 is 0. The van der Waals surface area contributed by atoms with Crippen molar-refractivity contribution in [2.24, 2.45) is 5.73 Å². The molecular weight excluding hydrogens is 230 g/mol. The van der Waals surface area contributed by atoms with Crippen molar-refractivity contribution in [2.45, 2.75) is 19.4 Å². The summed E-state index contributed by atoms with van der Waals surface area (Å²) in [6.45, 7) is 1.88. The first kappa shape index (κ1) is 12.3. The smallest absolute Gasteiger partial charge is 0.262 e. The monoisotopic (exact) mass is 245 g/mol. The van der Waals surface area contributed by atoms with E-state index in [1.165, 1.54) is 0 Å². The lowest BCUT2D eigenvalue weighted by Gasteiger charge is -2.10. The van der Waals surface area contributed by atoms with Crippen LogP contribution in [0.1, 0.15) is 25.2 Å². The van der Waals surface area contributed by atoms with Crippen LogP contribution >= 0.6 is 0 Å². The average Bonchev–Trinajstić information content (AvgIpc) is 2.38. The number of hydrogen-bond donors (Lipinski definition) is 3. The van der Waals surface area contributed by atoms with Gasteiger partial charge in [-0.25, -0.2) is 0 Å². The maximum atomic E-state index is 12.0. The van der Waals surface area contributed by atoms with Crippen LogP contribution in [0.4, 0.5) is 0 Å². The molecule has 2 rings (SSSR count). The predicted octanol–water partition coefficient (Wildman–Crippen LogP) is 1.55. The van der Waals surface area contributed by atoms with E-state index in [2.05, 4.69) is 9.97 Å². The van der Waals surface area contributed by atoms with Crippen molar-refractivity contribution >= 4 is 0 Å². The van der Waals surface area contributed by atoms with Gasteiger partial charge >= 0.3 is 0 Å². The molecule has 0 amide bonds. The van der Waals surface area contributed by atoms with Crippen molar-refractivity contribution in [1.82, 2.24) is 9.97 Å². The highest BCUT2D eigenvalue weighted by Gasteiger charge is 2.15. The van der Waals surface area contributed by atoms with Crippen LogP contribution < -0.4 is 11.3 Å². The second kappa shape index (κ2) is 5.01. The van der Waals surface area contributed by atoms with Gasteiger partial charge in [0.15, 0.2) is 0 Å². The number of aromatic amines is 1. The quantitative estimate of drug-likeness (QED) is 0.765. The Morgan fingerprint density at radius 2 is 2.06 bits per heavy atom. The fraction of sp³-hybridized carbons (Fsp3) is 0.231. The number of nitrogens with one attached hydrogen (secondary N) is 1. The average molecular weight is 245 g/mol. The largest absolute Gasteiger partial charge is 0.493 e. The van der Waals surface area contributed by atoms with Crippen molar-refractivity contribution in [3.05, 3.63) is 46.5 Å². The molecule has 1 atom stereocenters. The van der Waals surface area contributed by atoms with Crippen molar-refractivity contribution in [3.8, 4) is 17.0 Å². The van der Waals surface area contributed by atoms with Gasteiger partial charge < -0.3 is 15.8 Å². The molecule has 0 fully saturated rings. The molecule has 0 aliphatic rings. The van der Waals surface area contributed by atoms with E-state index < -0.39 is 0 Å². The highest BCUT2D eigenvalue weighted by Crippen LogP contribution is 2.23. The van der Waals surface area contributed by atoms with Crippen molar-refractivity contribution in [1.29, 1.82) is 0 Å². The number of nitrogens with zero attached hydrogens (tertiary/aromatic N) is 1. The van der Waals surface area contributed by atoms with Gasteiger partial charge in [0.1, 0.15) is 11.4 Å². The number of hydrogen-bond acceptors (Lipinski definition) is 4. The Kier molecular flexibility index (Phi) is 3.43. The van der Waals surface area contributed by atoms with Crippen LogP contribution in [-0.2, 0) is 0 Å². The minimum absolute atomic E-state index is 0.169. The molecule has 0 bridgehead atoms. The second-order valence-electron chi connectivity index (χ2n) is 4.03. The fourth-order valence-electron chi connectivity index (χ4n) is 1.71. The van der Waals surface area contributed by atoms with Gasteiger partial charge in [-0.05, 0) is 12.0 Å². The van der Waals surface area contributed by atoms with Gasteiger partial charge in [-0.3, -0.25) is 4.79 Å². The fourth-order valence-corrected chi connectivity index (χ4v) is 1.71. The number of nitrogens with two attached hydrogens (primary N) is 1. The van der Waals surface area contributed by atoms with Gasteiger partial charge in [0.2, 0.25) is 5.88 Å². The van der Waals surface area contributed by atoms with Gasteiger partial charge in [-0.2, -0.15) is 4.98 Å². The first-order chi connectivity index (χ1) is 8.63. The van der Waals surface area contributed by atoms with Gasteiger partial charge in [-0.15, -0.1) is 0 Å². The first-order valence-electron chi connectivity index (χ1n) is 5.77. The standard InChI is InChI=1S/C13H15N3O2/c1-2-9(14)11-15-12(17)10(13(18)16-11)8-6-4-3-5-7-8/h3-7,9H,2,14H2,1H3,(H2,15,16,17,18). The van der Waals surface area contributed by atoms with Crippen LogP contribution in [-0.4, -0.2) is 15.1 Å². The molecule has 5 heteroatoms. The van der Waals surface area contributed by atoms with Crippen LogP contribution in [0.5, 0.6) is 5.88 Å². The lowest BCUT2D eigenvalue weighted by molar-refractivity contribution is 0.446. The highest BCUT2D eigenvalue weighted by molar-refractivity contribution is 5.66. The van der Waals surface area contributed by atoms with E-state index in [9.17, 15) is 9.90 Å². The summed E-state index contributed by atoms with van der Waals surface area (Å²) in [5, 5.41) is 9.88. The van der Waals surface area contributed by atoms with E-state index in [-0.39, 0.29) is 23.0 Å². The Labute approximate surface area is 104 Å². The summed E-state index contributed by atoms with van der Waals surface area (Å²) >= 11 is 0. The second-order valence-corrected chi connectivity index (χ2v) is 4.03. The minimum atomic E-state index is -0.382. The lowest BCUT2D eigenvalue weighted by atomic mass is 10.1. The molecule has 4 N–H and O–H groups in total. The van der Waals surface area contributed by atoms with E-state index >= 15 is 0 Å². The van der Waals surface area contributed by atoms with Crippen molar-refractivity contribution in [2.75, 3.05) is 0 Å². The summed E-state index contributed by atoms with van der Waals surface area (Å²) in [6, 6.07) is 8.52. The minimum Gasteiger partial charge on any atom is -0.493 e.